The normalized spacial score (nSPS) is 21.5. The summed E-state index contributed by atoms with van der Waals surface area (Å²) >= 11 is 0. The summed E-state index contributed by atoms with van der Waals surface area (Å²) in [5.41, 5.74) is 2.95. The summed E-state index contributed by atoms with van der Waals surface area (Å²) < 4.78 is 0. The van der Waals surface area contributed by atoms with Crippen molar-refractivity contribution >= 4 is 11.9 Å². The van der Waals surface area contributed by atoms with Gasteiger partial charge in [0.25, 0.3) is 0 Å². The number of rotatable bonds is 1. The Hall–Kier alpha value is -2.03. The highest BCUT2D eigenvalue weighted by Gasteiger charge is 2.25. The molecule has 0 radical (unpaired) electrons. The third-order valence-corrected chi connectivity index (χ3v) is 3.61. The molecule has 0 amide bonds. The maximum Gasteiger partial charge on any atom is 0.188 e. The topological polar surface area (TPSA) is 41.1 Å². The van der Waals surface area contributed by atoms with Gasteiger partial charge in [-0.05, 0) is 30.9 Å². The SMILES string of the molecule is O=C1C(=C2NCCN2)CCC/C1=C\c1ccccc1. The second kappa shape index (κ2) is 5.31. The molecule has 1 aliphatic carbocycles. The minimum atomic E-state index is 0.201. The van der Waals surface area contributed by atoms with Crippen molar-refractivity contribution in [1.82, 2.24) is 10.6 Å². The third-order valence-electron chi connectivity index (χ3n) is 3.61. The monoisotopic (exact) mass is 254 g/mol. The number of carbonyl (C=O) groups is 1. The average Bonchev–Trinajstić information content (AvgIpc) is 2.96. The summed E-state index contributed by atoms with van der Waals surface area (Å²) in [6.45, 7) is 1.81. The Balaban J connectivity index is 1.89. The minimum Gasteiger partial charge on any atom is -0.370 e. The van der Waals surface area contributed by atoms with Gasteiger partial charge in [-0.2, -0.15) is 0 Å². The van der Waals surface area contributed by atoms with E-state index < -0.39 is 0 Å². The zero-order valence-electron chi connectivity index (χ0n) is 10.9. The number of hydrogen-bond acceptors (Lipinski definition) is 3. The molecule has 3 heteroatoms. The van der Waals surface area contributed by atoms with Crippen molar-refractivity contribution in [3.05, 3.63) is 52.9 Å². The zero-order chi connectivity index (χ0) is 13.1. The lowest BCUT2D eigenvalue weighted by Crippen LogP contribution is -2.22. The van der Waals surface area contributed by atoms with Crippen molar-refractivity contribution in [3.63, 3.8) is 0 Å². The number of Topliss-reactive ketones (excluding diaryl/α,β-unsaturated/α-hetero) is 1. The summed E-state index contributed by atoms with van der Waals surface area (Å²) in [6.07, 6.45) is 4.83. The van der Waals surface area contributed by atoms with Crippen LogP contribution >= 0.6 is 0 Å². The Kier molecular flexibility index (Phi) is 3.36. The Labute approximate surface area is 113 Å². The van der Waals surface area contributed by atoms with E-state index in [1.54, 1.807) is 0 Å². The van der Waals surface area contributed by atoms with Crippen LogP contribution in [-0.2, 0) is 4.79 Å². The van der Waals surface area contributed by atoms with E-state index in [9.17, 15) is 4.79 Å². The highest BCUT2D eigenvalue weighted by Crippen LogP contribution is 2.27. The fraction of sp³-hybridized carbons (Fsp3) is 0.312. The number of carbonyl (C=O) groups excluding carboxylic acids is 1. The molecule has 1 aliphatic heterocycles. The van der Waals surface area contributed by atoms with Crippen LogP contribution in [0.1, 0.15) is 24.8 Å². The second-order valence-corrected chi connectivity index (χ2v) is 4.97. The van der Waals surface area contributed by atoms with Crippen molar-refractivity contribution in [2.24, 2.45) is 0 Å². The highest BCUT2D eigenvalue weighted by atomic mass is 16.1. The lowest BCUT2D eigenvalue weighted by atomic mass is 9.87. The van der Waals surface area contributed by atoms with E-state index >= 15 is 0 Å². The maximum atomic E-state index is 12.5. The van der Waals surface area contributed by atoms with Gasteiger partial charge in [-0.15, -0.1) is 0 Å². The fourth-order valence-corrected chi connectivity index (χ4v) is 2.65. The zero-order valence-corrected chi connectivity index (χ0v) is 10.9. The van der Waals surface area contributed by atoms with Crippen molar-refractivity contribution in [2.75, 3.05) is 13.1 Å². The molecule has 1 aromatic rings. The van der Waals surface area contributed by atoms with Crippen LogP contribution in [0.2, 0.25) is 0 Å². The van der Waals surface area contributed by atoms with Gasteiger partial charge in [0.2, 0.25) is 0 Å². The van der Waals surface area contributed by atoms with Crippen LogP contribution < -0.4 is 10.6 Å². The summed E-state index contributed by atoms with van der Waals surface area (Å²) in [7, 11) is 0. The van der Waals surface area contributed by atoms with E-state index in [1.165, 1.54) is 0 Å². The molecule has 1 aromatic carbocycles. The summed E-state index contributed by atoms with van der Waals surface area (Å²) in [6, 6.07) is 10.1. The Bertz CT molecular complexity index is 535. The molecule has 0 aromatic heterocycles. The molecule has 2 aliphatic rings. The standard InChI is InChI=1S/C16H18N2O/c19-15-13(11-12-5-2-1-3-6-12)7-4-8-14(15)16-17-9-10-18-16/h1-3,5-6,11,17-18H,4,7-10H2/b13-11+. The van der Waals surface area contributed by atoms with E-state index in [4.69, 9.17) is 0 Å². The van der Waals surface area contributed by atoms with E-state index in [0.29, 0.717) is 0 Å². The van der Waals surface area contributed by atoms with Gasteiger partial charge in [0.15, 0.2) is 5.78 Å². The van der Waals surface area contributed by atoms with Crippen LogP contribution in [0.3, 0.4) is 0 Å². The van der Waals surface area contributed by atoms with Gasteiger partial charge >= 0.3 is 0 Å². The molecule has 3 rings (SSSR count). The molecule has 98 valence electrons. The van der Waals surface area contributed by atoms with Gasteiger partial charge < -0.3 is 10.6 Å². The average molecular weight is 254 g/mol. The molecule has 0 atom stereocenters. The minimum absolute atomic E-state index is 0.201. The molecule has 1 heterocycles. The number of nitrogens with one attached hydrogen (secondary N) is 2. The van der Waals surface area contributed by atoms with E-state index in [2.05, 4.69) is 10.6 Å². The van der Waals surface area contributed by atoms with E-state index in [0.717, 1.165) is 54.9 Å². The first-order valence-corrected chi connectivity index (χ1v) is 6.86. The maximum absolute atomic E-state index is 12.5. The summed E-state index contributed by atoms with van der Waals surface area (Å²) in [5, 5.41) is 6.52. The molecule has 1 saturated carbocycles. The van der Waals surface area contributed by atoms with Gasteiger partial charge in [-0.25, -0.2) is 0 Å². The number of allylic oxidation sites excluding steroid dienone is 2. The first-order valence-electron chi connectivity index (χ1n) is 6.86. The van der Waals surface area contributed by atoms with E-state index in [1.807, 2.05) is 36.4 Å². The Morgan fingerprint density at radius 1 is 1.00 bits per heavy atom. The largest absolute Gasteiger partial charge is 0.370 e. The van der Waals surface area contributed by atoms with Crippen molar-refractivity contribution in [2.45, 2.75) is 19.3 Å². The van der Waals surface area contributed by atoms with Gasteiger partial charge in [-0.1, -0.05) is 30.3 Å². The van der Waals surface area contributed by atoms with Crippen LogP contribution in [0.15, 0.2) is 47.3 Å². The predicted octanol–water partition coefficient (Wildman–Crippen LogP) is 2.23. The summed E-state index contributed by atoms with van der Waals surface area (Å²) in [5.74, 6) is 1.15. The van der Waals surface area contributed by atoms with Crippen LogP contribution in [0.5, 0.6) is 0 Å². The molecule has 2 fully saturated rings. The molecular formula is C16H18N2O. The molecule has 0 bridgehead atoms. The smallest absolute Gasteiger partial charge is 0.188 e. The van der Waals surface area contributed by atoms with Crippen molar-refractivity contribution in [3.8, 4) is 0 Å². The summed E-state index contributed by atoms with van der Waals surface area (Å²) in [4.78, 5) is 12.5. The second-order valence-electron chi connectivity index (χ2n) is 4.97. The van der Waals surface area contributed by atoms with Crippen molar-refractivity contribution in [1.29, 1.82) is 0 Å². The number of ketones is 1. The van der Waals surface area contributed by atoms with E-state index in [-0.39, 0.29) is 5.78 Å². The van der Waals surface area contributed by atoms with Gasteiger partial charge in [0, 0.05) is 24.2 Å². The fourth-order valence-electron chi connectivity index (χ4n) is 2.65. The van der Waals surface area contributed by atoms with Crippen LogP contribution in [0.25, 0.3) is 6.08 Å². The lowest BCUT2D eigenvalue weighted by molar-refractivity contribution is -0.113. The Morgan fingerprint density at radius 3 is 2.47 bits per heavy atom. The first kappa shape index (κ1) is 12.0. The molecule has 19 heavy (non-hydrogen) atoms. The highest BCUT2D eigenvalue weighted by molar-refractivity contribution is 6.12. The Morgan fingerprint density at radius 2 is 1.74 bits per heavy atom. The molecule has 1 saturated heterocycles. The van der Waals surface area contributed by atoms with Crippen LogP contribution in [-0.4, -0.2) is 18.9 Å². The molecule has 3 nitrogen and oxygen atoms in total. The first-order chi connectivity index (χ1) is 9.34. The third kappa shape index (κ3) is 2.55. The van der Waals surface area contributed by atoms with Crippen LogP contribution in [0, 0.1) is 0 Å². The van der Waals surface area contributed by atoms with Crippen molar-refractivity contribution < 1.29 is 4.79 Å². The molecular weight excluding hydrogens is 236 g/mol. The number of benzene rings is 1. The number of hydrogen-bond donors (Lipinski definition) is 2. The predicted molar refractivity (Wildman–Crippen MR) is 76.3 cm³/mol. The van der Waals surface area contributed by atoms with Crippen LogP contribution in [0.4, 0.5) is 0 Å². The molecule has 0 unspecified atom stereocenters. The lowest BCUT2D eigenvalue weighted by Gasteiger charge is -2.18. The van der Waals surface area contributed by atoms with Gasteiger partial charge in [0.05, 0.1) is 0 Å². The van der Waals surface area contributed by atoms with Gasteiger partial charge in [-0.3, -0.25) is 4.79 Å². The molecule has 2 N–H and O–H groups in total. The molecule has 0 spiro atoms. The quantitative estimate of drug-likeness (QED) is 0.755. The van der Waals surface area contributed by atoms with Gasteiger partial charge in [0.1, 0.15) is 5.82 Å².